The number of nitrogens with one attached hydrogen (secondary N) is 1. The third-order valence-corrected chi connectivity index (χ3v) is 7.71. The highest BCUT2D eigenvalue weighted by Gasteiger charge is 2.21. The summed E-state index contributed by atoms with van der Waals surface area (Å²) in [5, 5.41) is 14.5. The molecule has 2 aromatic heterocycles. The molecule has 0 radical (unpaired) electrons. The summed E-state index contributed by atoms with van der Waals surface area (Å²) in [6, 6.07) is 10.7. The molecule has 10 heteroatoms. The highest BCUT2D eigenvalue weighted by molar-refractivity contribution is 8.01. The van der Waals surface area contributed by atoms with Crippen LogP contribution in [0.4, 0.5) is 15.2 Å². The second kappa shape index (κ2) is 10.2. The van der Waals surface area contributed by atoms with Crippen molar-refractivity contribution in [2.75, 3.05) is 48.7 Å². The van der Waals surface area contributed by atoms with Gasteiger partial charge in [0.2, 0.25) is 11.0 Å². The molecule has 4 rings (SSSR count). The average Bonchev–Trinajstić information content (AvgIpc) is 3.45. The maximum Gasteiger partial charge on any atom is 0.233 e. The van der Waals surface area contributed by atoms with Crippen LogP contribution in [-0.2, 0) is 11.2 Å². The highest BCUT2D eigenvalue weighted by Crippen LogP contribution is 2.26. The van der Waals surface area contributed by atoms with E-state index in [1.807, 2.05) is 4.90 Å². The summed E-state index contributed by atoms with van der Waals surface area (Å²) in [5.41, 5.74) is 0.992. The first-order chi connectivity index (χ1) is 14.7. The summed E-state index contributed by atoms with van der Waals surface area (Å²) < 4.78 is 13.9. The predicted octanol–water partition coefficient (Wildman–Crippen LogP) is 3.83. The standard InChI is InChI=1S/C20H22FN5OS3/c21-15-3-5-16(6-4-15)25-9-11-26(12-10-25)18(27)14-29-20-24-23-19(30-20)22-8-7-17-2-1-13-28-17/h1-6,13H,7-12,14H2,(H,22,23). The molecular weight excluding hydrogens is 441 g/mol. The topological polar surface area (TPSA) is 61.4 Å². The number of thioether (sulfide) groups is 1. The fourth-order valence-corrected chi connectivity index (χ4v) is 5.56. The molecule has 1 fully saturated rings. The monoisotopic (exact) mass is 463 g/mol. The van der Waals surface area contributed by atoms with Gasteiger partial charge in [-0.05, 0) is 42.1 Å². The van der Waals surface area contributed by atoms with Gasteiger partial charge in [-0.25, -0.2) is 4.39 Å². The predicted molar refractivity (Wildman–Crippen MR) is 122 cm³/mol. The van der Waals surface area contributed by atoms with E-state index in [9.17, 15) is 9.18 Å². The molecule has 1 amide bonds. The van der Waals surface area contributed by atoms with Crippen molar-refractivity contribution in [3.63, 3.8) is 0 Å². The number of nitrogens with zero attached hydrogens (tertiary/aromatic N) is 4. The molecule has 1 saturated heterocycles. The Morgan fingerprint density at radius 2 is 1.93 bits per heavy atom. The van der Waals surface area contributed by atoms with Crippen molar-refractivity contribution in [1.29, 1.82) is 0 Å². The average molecular weight is 464 g/mol. The van der Waals surface area contributed by atoms with Crippen LogP contribution in [-0.4, -0.2) is 59.5 Å². The normalized spacial score (nSPS) is 14.2. The Balaban J connectivity index is 1.18. The van der Waals surface area contributed by atoms with E-state index in [0.717, 1.165) is 41.2 Å². The number of hydrogen-bond donors (Lipinski definition) is 1. The first kappa shape index (κ1) is 21.1. The zero-order valence-electron chi connectivity index (χ0n) is 16.3. The van der Waals surface area contributed by atoms with Gasteiger partial charge in [0, 0.05) is 43.3 Å². The van der Waals surface area contributed by atoms with Crippen molar-refractivity contribution in [2.24, 2.45) is 0 Å². The van der Waals surface area contributed by atoms with Crippen LogP contribution in [0.15, 0.2) is 46.1 Å². The number of amides is 1. The van der Waals surface area contributed by atoms with Gasteiger partial charge >= 0.3 is 0 Å². The largest absolute Gasteiger partial charge is 0.368 e. The zero-order chi connectivity index (χ0) is 20.8. The lowest BCUT2D eigenvalue weighted by atomic mass is 10.2. The fourth-order valence-electron chi connectivity index (χ4n) is 3.17. The minimum atomic E-state index is -0.234. The Labute approximate surface area is 187 Å². The first-order valence-corrected chi connectivity index (χ1v) is 12.4. The minimum absolute atomic E-state index is 0.112. The SMILES string of the molecule is O=C(CSc1nnc(NCCc2cccs2)s1)N1CCN(c2ccc(F)cc2)CC1. The molecule has 0 bridgehead atoms. The third kappa shape index (κ3) is 5.71. The molecule has 0 aliphatic carbocycles. The van der Waals surface area contributed by atoms with E-state index in [2.05, 4.69) is 37.9 Å². The van der Waals surface area contributed by atoms with E-state index in [1.54, 1.807) is 23.5 Å². The number of thiophene rings is 1. The molecule has 3 aromatic rings. The molecule has 6 nitrogen and oxygen atoms in total. The second-order valence-electron chi connectivity index (χ2n) is 6.76. The maximum atomic E-state index is 13.1. The number of anilines is 2. The van der Waals surface area contributed by atoms with Crippen LogP contribution in [0.25, 0.3) is 0 Å². The lowest BCUT2D eigenvalue weighted by molar-refractivity contribution is -0.128. The van der Waals surface area contributed by atoms with Crippen molar-refractivity contribution >= 4 is 51.2 Å². The lowest BCUT2D eigenvalue weighted by Crippen LogP contribution is -2.49. The van der Waals surface area contributed by atoms with Crippen LogP contribution in [0.5, 0.6) is 0 Å². The molecule has 1 aromatic carbocycles. The van der Waals surface area contributed by atoms with E-state index < -0.39 is 0 Å². The van der Waals surface area contributed by atoms with Crippen LogP contribution in [0.3, 0.4) is 0 Å². The van der Waals surface area contributed by atoms with E-state index in [0.29, 0.717) is 18.8 Å². The van der Waals surface area contributed by atoms with Crippen LogP contribution < -0.4 is 10.2 Å². The van der Waals surface area contributed by atoms with Gasteiger partial charge in [-0.1, -0.05) is 29.2 Å². The van der Waals surface area contributed by atoms with Crippen LogP contribution in [0.2, 0.25) is 0 Å². The van der Waals surface area contributed by atoms with Gasteiger partial charge < -0.3 is 15.1 Å². The number of aromatic nitrogens is 2. The van der Waals surface area contributed by atoms with Crippen LogP contribution in [0.1, 0.15) is 4.88 Å². The summed E-state index contributed by atoms with van der Waals surface area (Å²) in [7, 11) is 0. The van der Waals surface area contributed by atoms with Crippen molar-refractivity contribution < 1.29 is 9.18 Å². The second-order valence-corrected chi connectivity index (χ2v) is 9.99. The minimum Gasteiger partial charge on any atom is -0.368 e. The zero-order valence-corrected chi connectivity index (χ0v) is 18.7. The molecule has 158 valence electrons. The summed E-state index contributed by atoms with van der Waals surface area (Å²) in [6.45, 7) is 3.65. The van der Waals surface area contributed by atoms with Crippen molar-refractivity contribution in [3.8, 4) is 0 Å². The molecule has 0 spiro atoms. The van der Waals surface area contributed by atoms with E-state index >= 15 is 0 Å². The summed E-state index contributed by atoms with van der Waals surface area (Å²) >= 11 is 4.66. The van der Waals surface area contributed by atoms with Crippen LogP contribution in [0, 0.1) is 5.82 Å². The van der Waals surface area contributed by atoms with E-state index in [-0.39, 0.29) is 11.7 Å². The number of piperazine rings is 1. The number of carbonyl (C=O) groups excluding carboxylic acids is 1. The van der Waals surface area contributed by atoms with Gasteiger partial charge in [-0.15, -0.1) is 21.5 Å². The van der Waals surface area contributed by atoms with Crippen LogP contribution >= 0.6 is 34.4 Å². The molecule has 30 heavy (non-hydrogen) atoms. The molecule has 0 unspecified atom stereocenters. The first-order valence-electron chi connectivity index (χ1n) is 9.68. The third-order valence-electron chi connectivity index (χ3n) is 4.78. The molecule has 3 heterocycles. The summed E-state index contributed by atoms with van der Waals surface area (Å²) in [5.74, 6) is 0.240. The Kier molecular flexibility index (Phi) is 7.19. The fraction of sp³-hybridized carbons (Fsp3) is 0.350. The Morgan fingerprint density at radius 1 is 1.13 bits per heavy atom. The molecule has 1 aliphatic heterocycles. The van der Waals surface area contributed by atoms with Gasteiger partial charge in [0.15, 0.2) is 4.34 Å². The van der Waals surface area contributed by atoms with Crippen molar-refractivity contribution in [2.45, 2.75) is 10.8 Å². The molecule has 0 atom stereocenters. The maximum absolute atomic E-state index is 13.1. The molecule has 1 N–H and O–H groups in total. The van der Waals surface area contributed by atoms with Gasteiger partial charge in [0.05, 0.1) is 5.75 Å². The molecule has 0 saturated carbocycles. The lowest BCUT2D eigenvalue weighted by Gasteiger charge is -2.36. The highest BCUT2D eigenvalue weighted by atomic mass is 32.2. The number of carbonyl (C=O) groups is 1. The van der Waals surface area contributed by atoms with Crippen molar-refractivity contribution in [3.05, 3.63) is 52.5 Å². The van der Waals surface area contributed by atoms with Gasteiger partial charge in [-0.2, -0.15) is 0 Å². The van der Waals surface area contributed by atoms with E-state index in [4.69, 9.17) is 0 Å². The number of hydrogen-bond acceptors (Lipinski definition) is 8. The summed E-state index contributed by atoms with van der Waals surface area (Å²) in [6.07, 6.45) is 0.960. The number of halogens is 1. The van der Waals surface area contributed by atoms with Gasteiger partial charge in [0.1, 0.15) is 5.82 Å². The Bertz CT molecular complexity index is 940. The molecular formula is C20H22FN5OS3. The van der Waals surface area contributed by atoms with E-state index in [1.165, 1.54) is 40.1 Å². The van der Waals surface area contributed by atoms with Crippen molar-refractivity contribution in [1.82, 2.24) is 15.1 Å². The Morgan fingerprint density at radius 3 is 2.67 bits per heavy atom. The number of benzene rings is 1. The van der Waals surface area contributed by atoms with Gasteiger partial charge in [0.25, 0.3) is 0 Å². The summed E-state index contributed by atoms with van der Waals surface area (Å²) in [4.78, 5) is 17.9. The Hall–Kier alpha value is -2.17. The number of rotatable bonds is 8. The molecule has 1 aliphatic rings. The van der Waals surface area contributed by atoms with Gasteiger partial charge in [-0.3, -0.25) is 4.79 Å². The quantitative estimate of drug-likeness (QED) is 0.513. The smallest absolute Gasteiger partial charge is 0.233 e.